The maximum Gasteiger partial charge on any atom is 0.0849 e. The molecule has 1 aromatic rings. The Morgan fingerprint density at radius 1 is 1.53 bits per heavy atom. The van der Waals surface area contributed by atoms with E-state index in [1.165, 1.54) is 0 Å². The molecule has 3 nitrogen and oxygen atoms in total. The van der Waals surface area contributed by atoms with E-state index in [4.69, 9.17) is 11.6 Å². The number of hydrogen-bond donors (Lipinski definition) is 1. The van der Waals surface area contributed by atoms with Gasteiger partial charge in [-0.25, -0.2) is 0 Å². The van der Waals surface area contributed by atoms with E-state index in [1.54, 1.807) is 0 Å². The molecule has 0 aromatic carbocycles. The van der Waals surface area contributed by atoms with Crippen LogP contribution in [-0.2, 0) is 19.9 Å². The molecule has 0 aliphatic rings. The maximum absolute atomic E-state index is 6.27. The second-order valence-corrected chi connectivity index (χ2v) is 4.43. The van der Waals surface area contributed by atoms with Crippen LogP contribution < -0.4 is 5.32 Å². The van der Waals surface area contributed by atoms with Crippen molar-refractivity contribution in [2.45, 2.75) is 26.7 Å². The minimum atomic E-state index is 0.576. The average molecular weight is 230 g/mol. The van der Waals surface area contributed by atoms with Crippen LogP contribution in [0.4, 0.5) is 0 Å². The largest absolute Gasteiger partial charge is 0.319 e. The predicted molar refractivity (Wildman–Crippen MR) is 64.4 cm³/mol. The van der Waals surface area contributed by atoms with Crippen molar-refractivity contribution in [1.29, 1.82) is 0 Å². The van der Waals surface area contributed by atoms with Crippen molar-refractivity contribution >= 4 is 11.6 Å². The lowest BCUT2D eigenvalue weighted by Gasteiger charge is -2.10. The van der Waals surface area contributed by atoms with Crippen molar-refractivity contribution in [2.24, 2.45) is 13.0 Å². The smallest absolute Gasteiger partial charge is 0.0849 e. The van der Waals surface area contributed by atoms with Crippen molar-refractivity contribution in [2.75, 3.05) is 13.6 Å². The third kappa shape index (κ3) is 2.95. The summed E-state index contributed by atoms with van der Waals surface area (Å²) in [5.41, 5.74) is 2.15. The van der Waals surface area contributed by atoms with Crippen LogP contribution in [0.5, 0.6) is 0 Å². The molecule has 0 fully saturated rings. The summed E-state index contributed by atoms with van der Waals surface area (Å²) in [4.78, 5) is 0. The van der Waals surface area contributed by atoms with Crippen LogP contribution in [0.2, 0.25) is 5.02 Å². The van der Waals surface area contributed by atoms with Crippen molar-refractivity contribution < 1.29 is 0 Å². The molecule has 0 saturated heterocycles. The number of nitrogens with zero attached hydrogens (tertiary/aromatic N) is 2. The molecule has 1 unspecified atom stereocenters. The van der Waals surface area contributed by atoms with E-state index in [-0.39, 0.29) is 0 Å². The summed E-state index contributed by atoms with van der Waals surface area (Å²) in [6.07, 6.45) is 1.87. The van der Waals surface area contributed by atoms with Gasteiger partial charge in [0.1, 0.15) is 0 Å². The molecule has 1 atom stereocenters. The first-order chi connectivity index (χ1) is 7.10. The molecule has 0 aliphatic heterocycles. The maximum atomic E-state index is 6.27. The molecule has 0 spiro atoms. The fourth-order valence-electron chi connectivity index (χ4n) is 1.79. The molecule has 0 aliphatic carbocycles. The second kappa shape index (κ2) is 5.52. The Balaban J connectivity index is 2.80. The van der Waals surface area contributed by atoms with Crippen LogP contribution in [0.3, 0.4) is 0 Å². The summed E-state index contributed by atoms with van der Waals surface area (Å²) in [5, 5.41) is 8.43. The third-order valence-electron chi connectivity index (χ3n) is 2.60. The van der Waals surface area contributed by atoms with Crippen molar-refractivity contribution in [1.82, 2.24) is 15.1 Å². The predicted octanol–water partition coefficient (Wildman–Crippen LogP) is 2.03. The van der Waals surface area contributed by atoms with E-state index >= 15 is 0 Å². The quantitative estimate of drug-likeness (QED) is 0.838. The molecule has 15 heavy (non-hydrogen) atoms. The van der Waals surface area contributed by atoms with E-state index in [0.717, 1.165) is 35.8 Å². The summed E-state index contributed by atoms with van der Waals surface area (Å²) >= 11 is 6.27. The Labute approximate surface area is 96.8 Å². The SMILES string of the molecule is CCc1nn(C)c(CC(C)CNC)c1Cl. The molecule has 1 N–H and O–H groups in total. The van der Waals surface area contributed by atoms with Gasteiger partial charge in [0.25, 0.3) is 0 Å². The van der Waals surface area contributed by atoms with E-state index < -0.39 is 0 Å². The van der Waals surface area contributed by atoms with Crippen molar-refractivity contribution in [3.63, 3.8) is 0 Å². The number of aryl methyl sites for hydroxylation is 2. The van der Waals surface area contributed by atoms with Gasteiger partial charge in [-0.2, -0.15) is 5.10 Å². The first kappa shape index (κ1) is 12.5. The summed E-state index contributed by atoms with van der Waals surface area (Å²) in [7, 11) is 3.94. The highest BCUT2D eigenvalue weighted by atomic mass is 35.5. The number of hydrogen-bond acceptors (Lipinski definition) is 2. The molecule has 1 rings (SSSR count). The van der Waals surface area contributed by atoms with Crippen LogP contribution in [0.15, 0.2) is 0 Å². The average Bonchev–Trinajstić information content (AvgIpc) is 2.45. The van der Waals surface area contributed by atoms with E-state index in [2.05, 4.69) is 24.3 Å². The minimum absolute atomic E-state index is 0.576. The van der Waals surface area contributed by atoms with Gasteiger partial charge < -0.3 is 5.32 Å². The van der Waals surface area contributed by atoms with Crippen LogP contribution in [0.25, 0.3) is 0 Å². The first-order valence-electron chi connectivity index (χ1n) is 5.45. The zero-order valence-electron chi connectivity index (χ0n) is 9.97. The van der Waals surface area contributed by atoms with Crippen molar-refractivity contribution in [3.05, 3.63) is 16.4 Å². The third-order valence-corrected chi connectivity index (χ3v) is 3.03. The molecule has 0 saturated carbocycles. The van der Waals surface area contributed by atoms with E-state index in [0.29, 0.717) is 5.92 Å². The second-order valence-electron chi connectivity index (χ2n) is 4.05. The van der Waals surface area contributed by atoms with Gasteiger partial charge in [0.2, 0.25) is 0 Å². The summed E-state index contributed by atoms with van der Waals surface area (Å²) < 4.78 is 1.91. The Bertz CT molecular complexity index is 320. The lowest BCUT2D eigenvalue weighted by Crippen LogP contribution is -2.19. The highest BCUT2D eigenvalue weighted by molar-refractivity contribution is 6.31. The molecular formula is C11H20ClN3. The standard InChI is InChI=1S/C11H20ClN3/c1-5-9-11(12)10(15(4)14-9)6-8(2)7-13-3/h8,13H,5-7H2,1-4H3. The van der Waals surface area contributed by atoms with Gasteiger partial charge >= 0.3 is 0 Å². The Morgan fingerprint density at radius 2 is 2.20 bits per heavy atom. The number of nitrogens with one attached hydrogen (secondary N) is 1. The van der Waals surface area contributed by atoms with Crippen LogP contribution in [0, 0.1) is 5.92 Å². The Kier molecular flexibility index (Phi) is 4.61. The summed E-state index contributed by atoms with van der Waals surface area (Å²) in [6, 6.07) is 0. The molecule has 0 radical (unpaired) electrons. The molecule has 0 amide bonds. The van der Waals surface area contributed by atoms with Gasteiger partial charge in [-0.3, -0.25) is 4.68 Å². The lowest BCUT2D eigenvalue weighted by molar-refractivity contribution is 0.520. The molecule has 4 heteroatoms. The topological polar surface area (TPSA) is 29.9 Å². The van der Waals surface area contributed by atoms with Gasteiger partial charge in [-0.1, -0.05) is 25.4 Å². The van der Waals surface area contributed by atoms with E-state index in [1.807, 2.05) is 18.8 Å². The van der Waals surface area contributed by atoms with Crippen LogP contribution >= 0.6 is 11.6 Å². The molecule has 1 heterocycles. The summed E-state index contributed by atoms with van der Waals surface area (Å²) in [6.45, 7) is 5.30. The molecule has 0 bridgehead atoms. The molecule has 1 aromatic heterocycles. The van der Waals surface area contributed by atoms with Crippen LogP contribution in [-0.4, -0.2) is 23.4 Å². The summed E-state index contributed by atoms with van der Waals surface area (Å²) in [5.74, 6) is 0.576. The Morgan fingerprint density at radius 3 is 2.67 bits per heavy atom. The zero-order valence-corrected chi connectivity index (χ0v) is 10.7. The zero-order chi connectivity index (χ0) is 11.4. The first-order valence-corrected chi connectivity index (χ1v) is 5.82. The lowest BCUT2D eigenvalue weighted by atomic mass is 10.1. The minimum Gasteiger partial charge on any atom is -0.319 e. The highest BCUT2D eigenvalue weighted by Gasteiger charge is 2.14. The monoisotopic (exact) mass is 229 g/mol. The fourth-order valence-corrected chi connectivity index (χ4v) is 2.16. The normalized spacial score (nSPS) is 13.1. The van der Waals surface area contributed by atoms with E-state index in [9.17, 15) is 0 Å². The van der Waals surface area contributed by atoms with Gasteiger partial charge in [0.05, 0.1) is 16.4 Å². The Hall–Kier alpha value is -0.540. The number of rotatable bonds is 5. The molecule has 86 valence electrons. The van der Waals surface area contributed by atoms with Gasteiger partial charge in [-0.05, 0) is 32.4 Å². The number of halogens is 1. The van der Waals surface area contributed by atoms with Crippen LogP contribution in [0.1, 0.15) is 25.2 Å². The van der Waals surface area contributed by atoms with Gasteiger partial charge in [-0.15, -0.1) is 0 Å². The van der Waals surface area contributed by atoms with Crippen molar-refractivity contribution in [3.8, 4) is 0 Å². The fraction of sp³-hybridized carbons (Fsp3) is 0.727. The molecular weight excluding hydrogens is 210 g/mol. The van der Waals surface area contributed by atoms with Gasteiger partial charge in [0.15, 0.2) is 0 Å². The number of aromatic nitrogens is 2. The highest BCUT2D eigenvalue weighted by Crippen LogP contribution is 2.23. The van der Waals surface area contributed by atoms with Gasteiger partial charge in [0, 0.05) is 7.05 Å².